The van der Waals surface area contributed by atoms with Crippen LogP contribution in [-0.4, -0.2) is 22.8 Å². The van der Waals surface area contributed by atoms with Crippen LogP contribution < -0.4 is 5.56 Å². The Kier molecular flexibility index (Phi) is 3.24. The highest BCUT2D eigenvalue weighted by Crippen LogP contribution is 2.30. The summed E-state index contributed by atoms with van der Waals surface area (Å²) in [5.74, 6) is 0. The lowest BCUT2D eigenvalue weighted by Gasteiger charge is -2.15. The van der Waals surface area contributed by atoms with Crippen LogP contribution in [0.1, 0.15) is 25.3 Å². The average Bonchev–Trinajstić information content (AvgIpc) is 2.87. The van der Waals surface area contributed by atoms with Crippen LogP contribution >= 0.6 is 12.2 Å². The number of hydrogen-bond donors (Lipinski definition) is 1. The van der Waals surface area contributed by atoms with E-state index in [1.165, 1.54) is 0 Å². The third-order valence-corrected chi connectivity index (χ3v) is 4.19. The zero-order valence-electron chi connectivity index (χ0n) is 10.8. The summed E-state index contributed by atoms with van der Waals surface area (Å²) in [5.41, 5.74) is 0.802. The summed E-state index contributed by atoms with van der Waals surface area (Å²) in [6, 6.07) is 7.63. The highest BCUT2D eigenvalue weighted by molar-refractivity contribution is 7.71. The lowest BCUT2D eigenvalue weighted by Crippen LogP contribution is -2.25. The molecule has 1 aromatic heterocycles. The molecule has 0 saturated heterocycles. The van der Waals surface area contributed by atoms with E-state index < -0.39 is 0 Å². The largest absolute Gasteiger partial charge is 0.381 e. The van der Waals surface area contributed by atoms with Crippen molar-refractivity contribution in [1.29, 1.82) is 0 Å². The first kappa shape index (κ1) is 12.6. The minimum absolute atomic E-state index is 0.00102. The van der Waals surface area contributed by atoms with Crippen LogP contribution in [0.2, 0.25) is 0 Å². The van der Waals surface area contributed by atoms with Gasteiger partial charge in [0.15, 0.2) is 4.77 Å². The molecule has 0 radical (unpaired) electrons. The molecule has 1 N–H and O–H groups in total. The fraction of sp³-hybridized carbons (Fsp3) is 0.429. The maximum atomic E-state index is 12.6. The Balaban J connectivity index is 2.14. The summed E-state index contributed by atoms with van der Waals surface area (Å²) in [7, 11) is 1.72. The number of fused-ring (bicyclic) bond motifs is 1. The number of aromatic amines is 1. The highest BCUT2D eigenvalue weighted by Gasteiger charge is 2.27. The van der Waals surface area contributed by atoms with Gasteiger partial charge in [-0.15, -0.1) is 0 Å². The summed E-state index contributed by atoms with van der Waals surface area (Å²) in [5, 5.41) is 0.692. The molecule has 0 spiro atoms. The van der Waals surface area contributed by atoms with Crippen LogP contribution in [0, 0.1) is 4.77 Å². The van der Waals surface area contributed by atoms with Gasteiger partial charge in [0, 0.05) is 13.2 Å². The minimum Gasteiger partial charge on any atom is -0.381 e. The molecule has 4 nitrogen and oxygen atoms in total. The van der Waals surface area contributed by atoms with Gasteiger partial charge >= 0.3 is 0 Å². The molecule has 5 heteroatoms. The van der Waals surface area contributed by atoms with E-state index >= 15 is 0 Å². The van der Waals surface area contributed by atoms with Crippen molar-refractivity contribution in [2.24, 2.45) is 0 Å². The van der Waals surface area contributed by atoms with E-state index in [0.717, 1.165) is 24.8 Å². The topological polar surface area (TPSA) is 47.0 Å². The minimum atomic E-state index is 0.00102. The predicted molar refractivity (Wildman–Crippen MR) is 77.1 cm³/mol. The van der Waals surface area contributed by atoms with Crippen molar-refractivity contribution in [2.45, 2.75) is 31.4 Å². The van der Waals surface area contributed by atoms with E-state index in [2.05, 4.69) is 4.98 Å². The molecular weight excluding hydrogens is 260 g/mol. The van der Waals surface area contributed by atoms with Crippen molar-refractivity contribution in [1.82, 2.24) is 9.55 Å². The summed E-state index contributed by atoms with van der Waals surface area (Å²) in [4.78, 5) is 15.7. The Hall–Kier alpha value is -1.46. The number of nitrogens with zero attached hydrogens (tertiary/aromatic N) is 1. The fourth-order valence-electron chi connectivity index (χ4n) is 2.87. The van der Waals surface area contributed by atoms with E-state index in [-0.39, 0.29) is 17.7 Å². The van der Waals surface area contributed by atoms with Crippen LogP contribution in [0.5, 0.6) is 0 Å². The summed E-state index contributed by atoms with van der Waals surface area (Å²) < 4.78 is 7.59. The van der Waals surface area contributed by atoms with Crippen molar-refractivity contribution in [3.63, 3.8) is 0 Å². The number of aromatic nitrogens is 2. The lowest BCUT2D eigenvalue weighted by molar-refractivity contribution is 0.105. The Bertz CT molecular complexity index is 719. The molecule has 3 rings (SSSR count). The molecule has 0 amide bonds. The molecule has 1 aliphatic rings. The summed E-state index contributed by atoms with van der Waals surface area (Å²) >= 11 is 5.35. The second kappa shape index (κ2) is 4.90. The van der Waals surface area contributed by atoms with Gasteiger partial charge in [0.05, 0.1) is 17.0 Å². The molecule has 2 atom stereocenters. The molecule has 1 saturated carbocycles. The Labute approximate surface area is 116 Å². The van der Waals surface area contributed by atoms with Crippen LogP contribution in [0.15, 0.2) is 29.1 Å². The van der Waals surface area contributed by atoms with Crippen LogP contribution in [0.4, 0.5) is 0 Å². The van der Waals surface area contributed by atoms with Gasteiger partial charge in [-0.1, -0.05) is 12.1 Å². The van der Waals surface area contributed by atoms with E-state index in [1.807, 2.05) is 24.3 Å². The van der Waals surface area contributed by atoms with E-state index in [4.69, 9.17) is 17.0 Å². The molecular formula is C14H16N2O2S. The summed E-state index contributed by atoms with van der Waals surface area (Å²) in [6.07, 6.45) is 3.01. The Morgan fingerprint density at radius 3 is 2.89 bits per heavy atom. The first-order valence-electron chi connectivity index (χ1n) is 6.47. The zero-order chi connectivity index (χ0) is 13.4. The van der Waals surface area contributed by atoms with Crippen molar-refractivity contribution >= 4 is 23.1 Å². The quantitative estimate of drug-likeness (QED) is 0.858. The number of para-hydroxylation sites is 1. The zero-order valence-corrected chi connectivity index (χ0v) is 11.6. The Morgan fingerprint density at radius 1 is 1.37 bits per heavy atom. The normalized spacial score (nSPS) is 23.0. The van der Waals surface area contributed by atoms with Crippen LogP contribution in [0.3, 0.4) is 0 Å². The van der Waals surface area contributed by atoms with Crippen molar-refractivity contribution in [3.8, 4) is 0 Å². The number of methoxy groups -OCH3 is 1. The van der Waals surface area contributed by atoms with Gasteiger partial charge in [-0.3, -0.25) is 9.36 Å². The van der Waals surface area contributed by atoms with E-state index in [9.17, 15) is 4.79 Å². The standard InChI is InChI=1S/C14H16N2O2S/c1-18-10-7-6-9(8-10)16-13(17)11-4-2-3-5-12(11)15-14(16)19/h2-5,9-10H,6-8H2,1H3,(H,15,19). The fourth-order valence-corrected chi connectivity index (χ4v) is 3.22. The maximum Gasteiger partial charge on any atom is 0.262 e. The molecule has 0 bridgehead atoms. The Morgan fingerprint density at radius 2 is 2.16 bits per heavy atom. The maximum absolute atomic E-state index is 12.6. The average molecular weight is 276 g/mol. The van der Waals surface area contributed by atoms with Gasteiger partial charge in [0.2, 0.25) is 0 Å². The molecule has 0 aliphatic heterocycles. The van der Waals surface area contributed by atoms with Gasteiger partial charge < -0.3 is 9.72 Å². The molecule has 2 unspecified atom stereocenters. The SMILES string of the molecule is COC1CCC(n2c(=S)[nH]c3ccccc3c2=O)C1. The van der Waals surface area contributed by atoms with Crippen LogP contribution in [-0.2, 0) is 4.74 Å². The predicted octanol–water partition coefficient (Wildman–Crippen LogP) is 2.80. The second-order valence-corrected chi connectivity index (χ2v) is 5.36. The van der Waals surface area contributed by atoms with E-state index in [1.54, 1.807) is 11.7 Å². The first-order valence-corrected chi connectivity index (χ1v) is 6.88. The third-order valence-electron chi connectivity index (χ3n) is 3.89. The van der Waals surface area contributed by atoms with Gasteiger partial charge in [-0.2, -0.15) is 0 Å². The van der Waals surface area contributed by atoms with Crippen LogP contribution in [0.25, 0.3) is 10.9 Å². The molecule has 19 heavy (non-hydrogen) atoms. The lowest BCUT2D eigenvalue weighted by atomic mass is 10.2. The van der Waals surface area contributed by atoms with Crippen molar-refractivity contribution in [3.05, 3.63) is 39.4 Å². The molecule has 1 aliphatic carbocycles. The monoisotopic (exact) mass is 276 g/mol. The number of hydrogen-bond acceptors (Lipinski definition) is 3. The molecule has 1 heterocycles. The third kappa shape index (κ3) is 2.13. The molecule has 1 aromatic carbocycles. The number of nitrogens with one attached hydrogen (secondary N) is 1. The number of benzene rings is 1. The van der Waals surface area contributed by atoms with Crippen molar-refractivity contribution in [2.75, 3.05) is 7.11 Å². The smallest absolute Gasteiger partial charge is 0.262 e. The summed E-state index contributed by atoms with van der Waals surface area (Å²) in [6.45, 7) is 0. The molecule has 100 valence electrons. The number of rotatable bonds is 2. The molecule has 2 aromatic rings. The van der Waals surface area contributed by atoms with Gasteiger partial charge in [0.1, 0.15) is 0 Å². The molecule has 1 fully saturated rings. The van der Waals surface area contributed by atoms with Crippen molar-refractivity contribution < 1.29 is 4.74 Å². The second-order valence-electron chi connectivity index (χ2n) is 4.98. The first-order chi connectivity index (χ1) is 9.20. The van der Waals surface area contributed by atoms with Gasteiger partial charge in [-0.05, 0) is 43.6 Å². The number of ether oxygens (including phenoxy) is 1. The highest BCUT2D eigenvalue weighted by atomic mass is 32.1. The number of H-pyrrole nitrogens is 1. The van der Waals surface area contributed by atoms with E-state index in [0.29, 0.717) is 10.2 Å². The van der Waals surface area contributed by atoms with Gasteiger partial charge in [0.25, 0.3) is 5.56 Å². The van der Waals surface area contributed by atoms with Gasteiger partial charge in [-0.25, -0.2) is 0 Å².